The number of aromatic amines is 1. The van der Waals surface area contributed by atoms with Crippen LogP contribution in [0.1, 0.15) is 53.3 Å². The number of rotatable bonds is 5. The third-order valence-electron chi connectivity index (χ3n) is 6.62. The van der Waals surface area contributed by atoms with Gasteiger partial charge in [0.05, 0.1) is 11.0 Å². The van der Waals surface area contributed by atoms with Crippen LogP contribution < -0.4 is 10.6 Å². The number of anilines is 1. The lowest BCUT2D eigenvalue weighted by Gasteiger charge is -2.26. The molecule has 3 aromatic carbocycles. The molecule has 1 aliphatic rings. The summed E-state index contributed by atoms with van der Waals surface area (Å²) in [5.74, 6) is 0.695. The van der Waals surface area contributed by atoms with Crippen molar-refractivity contribution in [2.45, 2.75) is 38.6 Å². The van der Waals surface area contributed by atoms with Crippen molar-refractivity contribution in [3.05, 3.63) is 83.7 Å². The number of carbonyl (C=O) groups excluding carboxylic acids is 2. The Kier molecular flexibility index (Phi) is 6.31. The lowest BCUT2D eigenvalue weighted by molar-refractivity contribution is 0.0922. The number of hydrogen-bond donors (Lipinski definition) is 3. The summed E-state index contributed by atoms with van der Waals surface area (Å²) in [6.45, 7) is 2.26. The van der Waals surface area contributed by atoms with Crippen LogP contribution >= 0.6 is 0 Å². The quantitative estimate of drug-likeness (QED) is 0.338. The van der Waals surface area contributed by atoms with Crippen LogP contribution in [0, 0.1) is 11.7 Å². The van der Waals surface area contributed by atoms with Gasteiger partial charge < -0.3 is 15.6 Å². The summed E-state index contributed by atoms with van der Waals surface area (Å²) in [5.41, 5.74) is 3.89. The van der Waals surface area contributed by atoms with E-state index >= 15 is 0 Å². The maximum atomic E-state index is 13.1. The number of aromatic nitrogens is 2. The molecule has 0 unspecified atom stereocenters. The smallest absolute Gasteiger partial charge is 0.255 e. The van der Waals surface area contributed by atoms with E-state index in [4.69, 9.17) is 0 Å². The molecule has 1 saturated carbocycles. The molecule has 1 aliphatic carbocycles. The summed E-state index contributed by atoms with van der Waals surface area (Å²) in [6.07, 6.45) is 4.39. The fourth-order valence-electron chi connectivity index (χ4n) is 4.47. The van der Waals surface area contributed by atoms with E-state index in [9.17, 15) is 14.0 Å². The molecule has 7 heteroatoms. The molecule has 1 aromatic heterocycles. The number of halogens is 1. The zero-order valence-electron chi connectivity index (χ0n) is 19.5. The highest BCUT2D eigenvalue weighted by atomic mass is 19.1. The van der Waals surface area contributed by atoms with Crippen LogP contribution in [0.15, 0.2) is 66.7 Å². The Morgan fingerprint density at radius 1 is 0.886 bits per heavy atom. The number of H-pyrrole nitrogens is 1. The van der Waals surface area contributed by atoms with Crippen molar-refractivity contribution in [1.29, 1.82) is 0 Å². The molecule has 178 valence electrons. The summed E-state index contributed by atoms with van der Waals surface area (Å²) in [5, 5.41) is 5.91. The first kappa shape index (κ1) is 22.8. The summed E-state index contributed by atoms with van der Waals surface area (Å²) < 4.78 is 13.1. The van der Waals surface area contributed by atoms with Gasteiger partial charge in [0.2, 0.25) is 0 Å². The van der Waals surface area contributed by atoms with E-state index < -0.39 is 0 Å². The van der Waals surface area contributed by atoms with Crippen LogP contribution in [-0.4, -0.2) is 27.8 Å². The second-order valence-electron chi connectivity index (χ2n) is 9.29. The van der Waals surface area contributed by atoms with Gasteiger partial charge in [0.25, 0.3) is 11.8 Å². The second kappa shape index (κ2) is 9.70. The van der Waals surface area contributed by atoms with E-state index in [0.717, 1.165) is 42.7 Å². The van der Waals surface area contributed by atoms with E-state index in [-0.39, 0.29) is 23.7 Å². The van der Waals surface area contributed by atoms with E-state index in [1.165, 1.54) is 24.3 Å². The fraction of sp³-hybridized carbons (Fsp3) is 0.250. The van der Waals surface area contributed by atoms with Crippen molar-refractivity contribution < 1.29 is 14.0 Å². The zero-order chi connectivity index (χ0) is 24.4. The predicted molar refractivity (Wildman–Crippen MR) is 135 cm³/mol. The molecule has 0 aliphatic heterocycles. The van der Waals surface area contributed by atoms with Gasteiger partial charge in [-0.05, 0) is 86.2 Å². The number of amides is 2. The molecule has 0 bridgehead atoms. The lowest BCUT2D eigenvalue weighted by Crippen LogP contribution is -2.37. The molecule has 5 rings (SSSR count). The number of nitrogens with one attached hydrogen (secondary N) is 3. The average Bonchev–Trinajstić information content (AvgIpc) is 3.30. The van der Waals surface area contributed by atoms with Gasteiger partial charge in [-0.25, -0.2) is 9.37 Å². The summed E-state index contributed by atoms with van der Waals surface area (Å²) in [4.78, 5) is 33.1. The second-order valence-corrected chi connectivity index (χ2v) is 9.29. The average molecular weight is 471 g/mol. The molecule has 0 saturated heterocycles. The maximum Gasteiger partial charge on any atom is 0.255 e. The van der Waals surface area contributed by atoms with Crippen LogP contribution in [0.3, 0.4) is 0 Å². The normalized spacial score (nSPS) is 17.8. The highest BCUT2D eigenvalue weighted by Gasteiger charge is 2.20. The molecule has 0 spiro atoms. The molecular weight excluding hydrogens is 443 g/mol. The van der Waals surface area contributed by atoms with Crippen LogP contribution in [0.4, 0.5) is 10.1 Å². The molecule has 6 nitrogen and oxygen atoms in total. The summed E-state index contributed by atoms with van der Waals surface area (Å²) >= 11 is 0. The third-order valence-corrected chi connectivity index (χ3v) is 6.62. The first-order valence-corrected chi connectivity index (χ1v) is 11.9. The largest absolute Gasteiger partial charge is 0.349 e. The SMILES string of the molecule is CC1CCC(NC(=O)c2ccc(-c3nc4cc(C(=O)Nc5ccc(F)cc5)ccc4[nH]3)cc2)CC1. The van der Waals surface area contributed by atoms with Crippen LogP contribution in [-0.2, 0) is 0 Å². The molecular formula is C28H27FN4O2. The van der Waals surface area contributed by atoms with E-state index in [1.54, 1.807) is 18.2 Å². The number of hydrogen-bond acceptors (Lipinski definition) is 3. The third kappa shape index (κ3) is 5.24. The van der Waals surface area contributed by atoms with Gasteiger partial charge in [-0.3, -0.25) is 9.59 Å². The van der Waals surface area contributed by atoms with Crippen molar-refractivity contribution in [2.24, 2.45) is 5.92 Å². The van der Waals surface area contributed by atoms with E-state index in [2.05, 4.69) is 27.5 Å². The van der Waals surface area contributed by atoms with Crippen molar-refractivity contribution in [2.75, 3.05) is 5.32 Å². The van der Waals surface area contributed by atoms with Crippen molar-refractivity contribution in [3.8, 4) is 11.4 Å². The number of imidazole rings is 1. The minimum Gasteiger partial charge on any atom is -0.349 e. The van der Waals surface area contributed by atoms with Gasteiger partial charge >= 0.3 is 0 Å². The Labute approximate surface area is 203 Å². The van der Waals surface area contributed by atoms with Gasteiger partial charge in [0.1, 0.15) is 11.6 Å². The monoisotopic (exact) mass is 470 g/mol. The Morgan fingerprint density at radius 2 is 1.57 bits per heavy atom. The first-order valence-electron chi connectivity index (χ1n) is 11.9. The Bertz CT molecular complexity index is 1350. The Morgan fingerprint density at radius 3 is 2.29 bits per heavy atom. The molecule has 4 aromatic rings. The van der Waals surface area contributed by atoms with E-state index in [1.807, 2.05) is 24.3 Å². The van der Waals surface area contributed by atoms with E-state index in [0.29, 0.717) is 28.2 Å². The van der Waals surface area contributed by atoms with Gasteiger partial charge in [-0.2, -0.15) is 0 Å². The minimum absolute atomic E-state index is 0.0440. The van der Waals surface area contributed by atoms with Gasteiger partial charge in [-0.1, -0.05) is 19.1 Å². The number of fused-ring (bicyclic) bond motifs is 1. The van der Waals surface area contributed by atoms with Crippen LogP contribution in [0.5, 0.6) is 0 Å². The van der Waals surface area contributed by atoms with Crippen molar-refractivity contribution in [3.63, 3.8) is 0 Å². The van der Waals surface area contributed by atoms with Gasteiger partial charge in [0.15, 0.2) is 0 Å². The predicted octanol–water partition coefficient (Wildman–Crippen LogP) is 5.93. The molecule has 0 atom stereocenters. The molecule has 35 heavy (non-hydrogen) atoms. The molecule has 1 fully saturated rings. The first-order chi connectivity index (χ1) is 16.9. The van der Waals surface area contributed by atoms with Crippen molar-refractivity contribution in [1.82, 2.24) is 15.3 Å². The lowest BCUT2D eigenvalue weighted by atomic mass is 9.87. The summed E-state index contributed by atoms with van der Waals surface area (Å²) in [6, 6.07) is 18.5. The Balaban J connectivity index is 1.27. The standard InChI is InChI=1S/C28H27FN4O2/c1-17-2-11-22(12-3-17)30-27(34)19-6-4-18(5-7-19)26-32-24-15-8-20(16-25(24)33-26)28(35)31-23-13-9-21(29)10-14-23/h4-10,13-17,22H,2-3,11-12H2,1H3,(H,30,34)(H,31,35)(H,32,33). The molecule has 3 N–H and O–H groups in total. The molecule has 0 radical (unpaired) electrons. The van der Waals surface area contributed by atoms with Gasteiger partial charge in [0, 0.05) is 28.4 Å². The fourth-order valence-corrected chi connectivity index (χ4v) is 4.47. The van der Waals surface area contributed by atoms with Gasteiger partial charge in [-0.15, -0.1) is 0 Å². The topological polar surface area (TPSA) is 86.9 Å². The Hall–Kier alpha value is -4.00. The minimum atomic E-state index is -0.360. The van der Waals surface area contributed by atoms with Crippen LogP contribution in [0.2, 0.25) is 0 Å². The number of benzene rings is 3. The summed E-state index contributed by atoms with van der Waals surface area (Å²) in [7, 11) is 0. The molecule has 1 heterocycles. The number of carbonyl (C=O) groups is 2. The maximum absolute atomic E-state index is 13.1. The van der Waals surface area contributed by atoms with Crippen LogP contribution in [0.25, 0.3) is 22.4 Å². The highest BCUT2D eigenvalue weighted by Crippen LogP contribution is 2.25. The highest BCUT2D eigenvalue weighted by molar-refractivity contribution is 6.06. The molecule has 2 amide bonds. The zero-order valence-corrected chi connectivity index (χ0v) is 19.5. The van der Waals surface area contributed by atoms with Crippen molar-refractivity contribution >= 4 is 28.5 Å². The number of nitrogens with zero attached hydrogens (tertiary/aromatic N) is 1.